The van der Waals surface area contributed by atoms with E-state index in [2.05, 4.69) is 0 Å². The van der Waals surface area contributed by atoms with Crippen LogP contribution in [-0.4, -0.2) is 7.11 Å². The van der Waals surface area contributed by atoms with Gasteiger partial charge in [0.05, 0.1) is 17.5 Å². The first-order valence-corrected chi connectivity index (χ1v) is 6.27. The Labute approximate surface area is 119 Å². The normalized spacial score (nSPS) is 12.3. The molecule has 1 unspecified atom stereocenters. The smallest absolute Gasteiger partial charge is 0.141 e. The summed E-state index contributed by atoms with van der Waals surface area (Å²) >= 11 is 12.0. The van der Waals surface area contributed by atoms with Gasteiger partial charge in [0.2, 0.25) is 0 Å². The molecule has 0 heterocycles. The van der Waals surface area contributed by atoms with E-state index in [1.165, 1.54) is 43.5 Å². The Morgan fingerprint density at radius 3 is 2.47 bits per heavy atom. The maximum Gasteiger partial charge on any atom is 0.141 e. The molecule has 0 spiro atoms. The van der Waals surface area contributed by atoms with Crippen LogP contribution in [0.5, 0.6) is 5.75 Å². The zero-order valence-electron chi connectivity index (χ0n) is 9.96. The fourth-order valence-corrected chi connectivity index (χ4v) is 2.25. The van der Waals surface area contributed by atoms with E-state index in [1.807, 2.05) is 0 Å². The highest BCUT2D eigenvalue weighted by atomic mass is 35.5. The minimum atomic E-state index is -0.677. The van der Waals surface area contributed by atoms with Crippen LogP contribution in [0.1, 0.15) is 16.5 Å². The van der Waals surface area contributed by atoms with Crippen LogP contribution >= 0.6 is 23.2 Å². The largest absolute Gasteiger partial charge is 0.496 e. The molecule has 0 aliphatic heterocycles. The van der Waals surface area contributed by atoms with Gasteiger partial charge in [-0.25, -0.2) is 8.78 Å². The van der Waals surface area contributed by atoms with Crippen LogP contribution in [0.25, 0.3) is 0 Å². The Hall–Kier alpha value is -1.32. The third-order valence-corrected chi connectivity index (χ3v) is 3.48. The molecule has 1 nitrogen and oxygen atoms in total. The number of hydrogen-bond acceptors (Lipinski definition) is 1. The highest BCUT2D eigenvalue weighted by molar-refractivity contribution is 6.31. The van der Waals surface area contributed by atoms with E-state index in [9.17, 15) is 8.78 Å². The summed E-state index contributed by atoms with van der Waals surface area (Å²) in [5.74, 6) is -0.489. The Morgan fingerprint density at radius 1 is 1.11 bits per heavy atom. The van der Waals surface area contributed by atoms with Crippen LogP contribution in [0.15, 0.2) is 36.4 Å². The maximum absolute atomic E-state index is 13.3. The highest BCUT2D eigenvalue weighted by Gasteiger charge is 2.17. The molecule has 0 aliphatic rings. The zero-order valence-corrected chi connectivity index (χ0v) is 11.5. The third kappa shape index (κ3) is 2.99. The summed E-state index contributed by atoms with van der Waals surface area (Å²) in [5, 5.41) is -0.706. The molecule has 0 saturated heterocycles. The first-order chi connectivity index (χ1) is 9.02. The van der Waals surface area contributed by atoms with Crippen molar-refractivity contribution in [1.82, 2.24) is 0 Å². The molecule has 0 amide bonds. The molecule has 0 radical (unpaired) electrons. The molecule has 2 rings (SSSR count). The van der Waals surface area contributed by atoms with Crippen molar-refractivity contribution in [3.05, 3.63) is 64.2 Å². The lowest BCUT2D eigenvalue weighted by Crippen LogP contribution is -1.99. The molecule has 0 bridgehead atoms. The van der Waals surface area contributed by atoms with Crippen LogP contribution in [-0.2, 0) is 0 Å². The standard InChI is InChI=1S/C14H10Cl2F2O/c1-19-13-5-3-9(17)7-10(13)14(16)8-2-4-12(18)11(15)6-8/h2-7,14H,1H3. The van der Waals surface area contributed by atoms with Crippen molar-refractivity contribution < 1.29 is 13.5 Å². The minimum Gasteiger partial charge on any atom is -0.496 e. The van der Waals surface area contributed by atoms with E-state index in [-0.39, 0.29) is 5.02 Å². The first-order valence-electron chi connectivity index (χ1n) is 5.45. The Balaban J connectivity index is 2.45. The number of rotatable bonds is 3. The minimum absolute atomic E-state index is 0.0291. The summed E-state index contributed by atoms with van der Waals surface area (Å²) in [6, 6.07) is 8.20. The summed E-state index contributed by atoms with van der Waals surface area (Å²) in [7, 11) is 1.47. The molecule has 1 atom stereocenters. The summed E-state index contributed by atoms with van der Waals surface area (Å²) in [5.41, 5.74) is 1.03. The number of methoxy groups -OCH3 is 1. The molecule has 100 valence electrons. The van der Waals surface area contributed by atoms with Crippen LogP contribution in [0, 0.1) is 11.6 Å². The predicted molar refractivity (Wildman–Crippen MR) is 72.1 cm³/mol. The van der Waals surface area contributed by atoms with Gasteiger partial charge in [0.1, 0.15) is 17.4 Å². The fraction of sp³-hybridized carbons (Fsp3) is 0.143. The van der Waals surface area contributed by atoms with Gasteiger partial charge in [0.15, 0.2) is 0 Å². The molecule has 5 heteroatoms. The van der Waals surface area contributed by atoms with Crippen molar-refractivity contribution in [2.45, 2.75) is 5.38 Å². The molecule has 19 heavy (non-hydrogen) atoms. The number of ether oxygens (including phenoxy) is 1. The topological polar surface area (TPSA) is 9.23 Å². The van der Waals surface area contributed by atoms with Gasteiger partial charge in [0, 0.05) is 5.56 Å². The van der Waals surface area contributed by atoms with Gasteiger partial charge in [-0.05, 0) is 35.9 Å². The third-order valence-electron chi connectivity index (χ3n) is 2.70. The van der Waals surface area contributed by atoms with E-state index < -0.39 is 17.0 Å². The monoisotopic (exact) mass is 302 g/mol. The predicted octanol–water partition coefficient (Wildman–Crippen LogP) is 4.96. The quantitative estimate of drug-likeness (QED) is 0.729. The molecular formula is C14H10Cl2F2O. The van der Waals surface area contributed by atoms with Gasteiger partial charge in [-0.15, -0.1) is 11.6 Å². The van der Waals surface area contributed by atoms with E-state index in [1.54, 1.807) is 0 Å². The molecule has 0 aromatic heterocycles. The van der Waals surface area contributed by atoms with Crippen molar-refractivity contribution in [2.24, 2.45) is 0 Å². The van der Waals surface area contributed by atoms with Gasteiger partial charge < -0.3 is 4.74 Å². The number of alkyl halides is 1. The van der Waals surface area contributed by atoms with Gasteiger partial charge in [-0.1, -0.05) is 17.7 Å². The van der Waals surface area contributed by atoms with E-state index in [0.717, 1.165) is 0 Å². The van der Waals surface area contributed by atoms with E-state index in [0.29, 0.717) is 16.9 Å². The van der Waals surface area contributed by atoms with Crippen LogP contribution < -0.4 is 4.74 Å². The zero-order chi connectivity index (χ0) is 14.0. The summed E-state index contributed by atoms with van der Waals surface area (Å²) in [4.78, 5) is 0. The number of hydrogen-bond donors (Lipinski definition) is 0. The van der Waals surface area contributed by atoms with Gasteiger partial charge in [0.25, 0.3) is 0 Å². The molecule has 2 aromatic rings. The molecule has 0 aliphatic carbocycles. The van der Waals surface area contributed by atoms with Gasteiger partial charge in [-0.2, -0.15) is 0 Å². The van der Waals surface area contributed by atoms with Crippen molar-refractivity contribution in [3.63, 3.8) is 0 Å². The second-order valence-electron chi connectivity index (χ2n) is 3.92. The van der Waals surface area contributed by atoms with Gasteiger partial charge in [-0.3, -0.25) is 0 Å². The second-order valence-corrected chi connectivity index (χ2v) is 4.77. The molecule has 0 N–H and O–H groups in total. The molecule has 0 fully saturated rings. The Bertz CT molecular complexity index is 602. The van der Waals surface area contributed by atoms with Crippen molar-refractivity contribution in [1.29, 1.82) is 0 Å². The SMILES string of the molecule is COc1ccc(F)cc1C(Cl)c1ccc(F)c(Cl)c1. The van der Waals surface area contributed by atoms with E-state index >= 15 is 0 Å². The van der Waals surface area contributed by atoms with Crippen molar-refractivity contribution in [2.75, 3.05) is 7.11 Å². The summed E-state index contributed by atoms with van der Waals surface area (Å²) < 4.78 is 31.6. The average Bonchev–Trinajstić information content (AvgIpc) is 2.41. The average molecular weight is 303 g/mol. The molecule has 2 aromatic carbocycles. The summed E-state index contributed by atoms with van der Waals surface area (Å²) in [6.07, 6.45) is 0. The number of benzene rings is 2. The van der Waals surface area contributed by atoms with Crippen molar-refractivity contribution in [3.8, 4) is 5.75 Å². The Morgan fingerprint density at radius 2 is 1.84 bits per heavy atom. The van der Waals surface area contributed by atoms with E-state index in [4.69, 9.17) is 27.9 Å². The van der Waals surface area contributed by atoms with Gasteiger partial charge >= 0.3 is 0 Å². The van der Waals surface area contributed by atoms with Crippen LogP contribution in [0.2, 0.25) is 5.02 Å². The summed E-state index contributed by atoms with van der Waals surface area (Å²) in [6.45, 7) is 0. The maximum atomic E-state index is 13.3. The lowest BCUT2D eigenvalue weighted by Gasteiger charge is -2.15. The first kappa shape index (κ1) is 14.1. The molecular weight excluding hydrogens is 293 g/mol. The fourth-order valence-electron chi connectivity index (χ4n) is 1.75. The number of halogens is 4. The molecule has 0 saturated carbocycles. The second kappa shape index (κ2) is 5.76. The van der Waals surface area contributed by atoms with Crippen LogP contribution in [0.3, 0.4) is 0 Å². The lowest BCUT2D eigenvalue weighted by molar-refractivity contribution is 0.409. The highest BCUT2D eigenvalue weighted by Crippen LogP contribution is 2.36. The van der Waals surface area contributed by atoms with Crippen molar-refractivity contribution >= 4 is 23.2 Å². The van der Waals surface area contributed by atoms with Crippen LogP contribution in [0.4, 0.5) is 8.78 Å². The lowest BCUT2D eigenvalue weighted by atomic mass is 10.0. The Kier molecular flexibility index (Phi) is 4.27.